The maximum absolute atomic E-state index is 4.62. The summed E-state index contributed by atoms with van der Waals surface area (Å²) in [5.74, 6) is 2.68. The fourth-order valence-corrected chi connectivity index (χ4v) is 3.47. The van der Waals surface area contributed by atoms with Crippen molar-refractivity contribution in [3.63, 3.8) is 0 Å². The molecule has 0 aliphatic carbocycles. The van der Waals surface area contributed by atoms with Gasteiger partial charge >= 0.3 is 0 Å². The standard InChI is InChI=1S/C15H26N4/c1-19-8-2-3-13(11-19)14-10-17-15(18-14)9-12-4-6-16-7-5-12/h10,12-13,16H,2-9,11H2,1H3,(H,17,18). The number of aromatic nitrogens is 2. The van der Waals surface area contributed by atoms with Crippen molar-refractivity contribution in [1.29, 1.82) is 0 Å². The zero-order chi connectivity index (χ0) is 13.1. The van der Waals surface area contributed by atoms with Crippen molar-refractivity contribution in [2.75, 3.05) is 33.2 Å². The summed E-state index contributed by atoms with van der Waals surface area (Å²) in [7, 11) is 2.22. The molecule has 2 N–H and O–H groups in total. The summed E-state index contributed by atoms with van der Waals surface area (Å²) in [5.41, 5.74) is 1.36. The third-order valence-corrected chi connectivity index (χ3v) is 4.65. The Hall–Kier alpha value is -0.870. The molecule has 1 atom stereocenters. The first kappa shape index (κ1) is 13.1. The van der Waals surface area contributed by atoms with Gasteiger partial charge in [-0.1, -0.05) is 0 Å². The minimum Gasteiger partial charge on any atom is -0.346 e. The lowest BCUT2D eigenvalue weighted by Gasteiger charge is -2.28. The zero-order valence-corrected chi connectivity index (χ0v) is 12.0. The van der Waals surface area contributed by atoms with E-state index in [1.54, 1.807) is 0 Å². The van der Waals surface area contributed by atoms with Crippen molar-refractivity contribution >= 4 is 0 Å². The molecule has 1 aromatic heterocycles. The molecule has 4 heteroatoms. The van der Waals surface area contributed by atoms with Crippen LogP contribution in [0.25, 0.3) is 0 Å². The largest absolute Gasteiger partial charge is 0.346 e. The van der Waals surface area contributed by atoms with Gasteiger partial charge < -0.3 is 15.2 Å². The maximum atomic E-state index is 4.62. The van der Waals surface area contributed by atoms with Crippen molar-refractivity contribution < 1.29 is 0 Å². The van der Waals surface area contributed by atoms with E-state index in [4.69, 9.17) is 0 Å². The fourth-order valence-electron chi connectivity index (χ4n) is 3.47. The molecule has 0 spiro atoms. The second-order valence-electron chi connectivity index (χ2n) is 6.28. The molecule has 0 radical (unpaired) electrons. The Morgan fingerprint density at radius 3 is 2.95 bits per heavy atom. The van der Waals surface area contributed by atoms with E-state index in [0.717, 1.165) is 12.3 Å². The zero-order valence-electron chi connectivity index (χ0n) is 12.0. The summed E-state index contributed by atoms with van der Waals surface area (Å²) in [6, 6.07) is 0. The molecular formula is C15H26N4. The van der Waals surface area contributed by atoms with Gasteiger partial charge in [-0.15, -0.1) is 0 Å². The molecule has 3 heterocycles. The number of nitrogens with one attached hydrogen (secondary N) is 2. The molecule has 1 aromatic rings. The first-order valence-corrected chi connectivity index (χ1v) is 7.74. The van der Waals surface area contributed by atoms with Gasteiger partial charge in [0.2, 0.25) is 0 Å². The second-order valence-corrected chi connectivity index (χ2v) is 6.28. The van der Waals surface area contributed by atoms with Gasteiger partial charge in [-0.2, -0.15) is 0 Å². The molecule has 1 unspecified atom stereocenters. The van der Waals surface area contributed by atoms with Crippen molar-refractivity contribution in [2.24, 2.45) is 5.92 Å². The van der Waals surface area contributed by atoms with Gasteiger partial charge in [0.15, 0.2) is 0 Å². The maximum Gasteiger partial charge on any atom is 0.106 e. The average Bonchev–Trinajstić information content (AvgIpc) is 2.88. The van der Waals surface area contributed by atoms with E-state index in [0.29, 0.717) is 5.92 Å². The molecule has 0 saturated carbocycles. The van der Waals surface area contributed by atoms with Gasteiger partial charge in [0.1, 0.15) is 5.82 Å². The third-order valence-electron chi connectivity index (χ3n) is 4.65. The summed E-state index contributed by atoms with van der Waals surface area (Å²) in [6.45, 7) is 4.76. The Morgan fingerprint density at radius 1 is 1.32 bits per heavy atom. The molecule has 4 nitrogen and oxygen atoms in total. The summed E-state index contributed by atoms with van der Waals surface area (Å²) >= 11 is 0. The highest BCUT2D eigenvalue weighted by atomic mass is 15.1. The van der Waals surface area contributed by atoms with Gasteiger partial charge in [-0.25, -0.2) is 4.98 Å². The Labute approximate surface area is 116 Å². The molecule has 2 aliphatic rings. The van der Waals surface area contributed by atoms with Crippen molar-refractivity contribution in [3.8, 4) is 0 Å². The molecule has 2 fully saturated rings. The second kappa shape index (κ2) is 6.06. The topological polar surface area (TPSA) is 44.0 Å². The molecule has 2 saturated heterocycles. The van der Waals surface area contributed by atoms with Crippen LogP contribution in [0.2, 0.25) is 0 Å². The molecule has 0 bridgehead atoms. The van der Waals surface area contributed by atoms with Gasteiger partial charge in [-0.3, -0.25) is 0 Å². The normalized spacial score (nSPS) is 26.7. The minimum absolute atomic E-state index is 0.660. The Bertz CT molecular complexity index is 395. The highest BCUT2D eigenvalue weighted by Gasteiger charge is 2.21. The van der Waals surface area contributed by atoms with Gasteiger partial charge in [-0.05, 0) is 58.3 Å². The van der Waals surface area contributed by atoms with E-state index >= 15 is 0 Å². The summed E-state index contributed by atoms with van der Waals surface area (Å²) < 4.78 is 0. The Morgan fingerprint density at radius 2 is 2.16 bits per heavy atom. The molecular weight excluding hydrogens is 236 g/mol. The van der Waals surface area contributed by atoms with Gasteiger partial charge in [0, 0.05) is 30.8 Å². The summed E-state index contributed by atoms with van der Waals surface area (Å²) in [6.07, 6.45) is 8.41. The van der Waals surface area contributed by atoms with Crippen molar-refractivity contribution in [1.82, 2.24) is 20.2 Å². The summed E-state index contributed by atoms with van der Waals surface area (Å²) in [4.78, 5) is 10.6. The number of hydrogen-bond donors (Lipinski definition) is 2. The first-order chi connectivity index (χ1) is 9.31. The van der Waals surface area contributed by atoms with Crippen LogP contribution < -0.4 is 5.32 Å². The fraction of sp³-hybridized carbons (Fsp3) is 0.800. The lowest BCUT2D eigenvalue weighted by Crippen LogP contribution is -2.31. The average molecular weight is 262 g/mol. The number of rotatable bonds is 3. The Kier molecular flexibility index (Phi) is 4.18. The molecule has 0 aromatic carbocycles. The van der Waals surface area contributed by atoms with Crippen molar-refractivity contribution in [2.45, 2.75) is 38.0 Å². The predicted octanol–water partition coefficient (Wildman–Crippen LogP) is 1.76. The smallest absolute Gasteiger partial charge is 0.106 e. The van der Waals surface area contributed by atoms with E-state index in [2.05, 4.69) is 33.4 Å². The van der Waals surface area contributed by atoms with E-state index in [1.165, 1.54) is 63.4 Å². The van der Waals surface area contributed by atoms with Crippen LogP contribution in [0, 0.1) is 5.92 Å². The van der Waals surface area contributed by atoms with Crippen LogP contribution in [0.5, 0.6) is 0 Å². The number of likely N-dealkylation sites (N-methyl/N-ethyl adjacent to an activating group) is 1. The van der Waals surface area contributed by atoms with E-state index in [9.17, 15) is 0 Å². The lowest BCUT2D eigenvalue weighted by atomic mass is 9.94. The van der Waals surface area contributed by atoms with Crippen LogP contribution in [0.3, 0.4) is 0 Å². The number of imidazole rings is 1. The van der Waals surface area contributed by atoms with Gasteiger partial charge in [0.25, 0.3) is 0 Å². The van der Waals surface area contributed by atoms with Crippen molar-refractivity contribution in [3.05, 3.63) is 17.7 Å². The molecule has 2 aliphatic heterocycles. The number of hydrogen-bond acceptors (Lipinski definition) is 3. The molecule has 3 rings (SSSR count). The highest BCUT2D eigenvalue weighted by Crippen LogP contribution is 2.25. The predicted molar refractivity (Wildman–Crippen MR) is 77.4 cm³/mol. The molecule has 106 valence electrons. The number of aromatic amines is 1. The number of piperidine rings is 2. The van der Waals surface area contributed by atoms with Crippen LogP contribution in [0.1, 0.15) is 43.1 Å². The van der Waals surface area contributed by atoms with Gasteiger partial charge in [0.05, 0.1) is 0 Å². The van der Waals surface area contributed by atoms with Crippen LogP contribution in [-0.2, 0) is 6.42 Å². The Balaban J connectivity index is 1.59. The SMILES string of the molecule is CN1CCCC(c2cnc(CC3CCNCC3)[nH]2)C1. The third kappa shape index (κ3) is 3.37. The minimum atomic E-state index is 0.660. The van der Waals surface area contributed by atoms with Crippen LogP contribution in [-0.4, -0.2) is 48.1 Å². The lowest BCUT2D eigenvalue weighted by molar-refractivity contribution is 0.248. The number of nitrogens with zero attached hydrogens (tertiary/aromatic N) is 2. The monoisotopic (exact) mass is 262 g/mol. The first-order valence-electron chi connectivity index (χ1n) is 7.74. The van der Waals surface area contributed by atoms with E-state index < -0.39 is 0 Å². The molecule has 19 heavy (non-hydrogen) atoms. The van der Waals surface area contributed by atoms with Crippen LogP contribution in [0.15, 0.2) is 6.20 Å². The highest BCUT2D eigenvalue weighted by molar-refractivity contribution is 5.10. The quantitative estimate of drug-likeness (QED) is 0.872. The van der Waals surface area contributed by atoms with Crippen LogP contribution >= 0.6 is 0 Å². The van der Waals surface area contributed by atoms with E-state index in [1.807, 2.05) is 0 Å². The number of likely N-dealkylation sites (tertiary alicyclic amines) is 1. The number of H-pyrrole nitrogens is 1. The van der Waals surface area contributed by atoms with E-state index in [-0.39, 0.29) is 0 Å². The molecule has 0 amide bonds. The van der Waals surface area contributed by atoms with Crippen LogP contribution in [0.4, 0.5) is 0 Å². The summed E-state index contributed by atoms with van der Waals surface area (Å²) in [5, 5.41) is 3.43.